The first-order valence-electron chi connectivity index (χ1n) is 3.61. The van der Waals surface area contributed by atoms with Gasteiger partial charge < -0.3 is 4.52 Å². The van der Waals surface area contributed by atoms with Crippen LogP contribution in [0.1, 0.15) is 0 Å². The van der Waals surface area contributed by atoms with Crippen molar-refractivity contribution in [3.05, 3.63) is 31.5 Å². The van der Waals surface area contributed by atoms with E-state index in [0.29, 0.717) is 14.7 Å². The highest BCUT2D eigenvalue weighted by Crippen LogP contribution is 2.29. The third-order valence-electron chi connectivity index (χ3n) is 1.56. The number of nitrogens with zero attached hydrogens (tertiary/aromatic N) is 2. The smallest absolute Gasteiger partial charge is 0.259 e. The molecule has 0 amide bonds. The predicted molar refractivity (Wildman–Crippen MR) is 65.2 cm³/mol. The van der Waals surface area contributed by atoms with E-state index in [4.69, 9.17) is 16.1 Å². The van der Waals surface area contributed by atoms with Crippen molar-refractivity contribution in [2.75, 3.05) is 0 Å². The first-order valence-corrected chi connectivity index (χ1v) is 5.86. The van der Waals surface area contributed by atoms with Crippen LogP contribution in [0.15, 0.2) is 27.2 Å². The van der Waals surface area contributed by atoms with Gasteiger partial charge in [-0.15, -0.1) is 0 Å². The fourth-order valence-corrected chi connectivity index (χ4v) is 1.88. The van der Waals surface area contributed by atoms with E-state index in [9.17, 15) is 0 Å². The molecule has 3 nitrogen and oxygen atoms in total. The van der Waals surface area contributed by atoms with Gasteiger partial charge in [0.2, 0.25) is 3.83 Å². The predicted octanol–water partition coefficient (Wildman–Crippen LogP) is 3.76. The van der Waals surface area contributed by atoms with Crippen LogP contribution in [0.3, 0.4) is 0 Å². The fourth-order valence-electron chi connectivity index (χ4n) is 0.976. The normalized spacial score (nSPS) is 10.5. The summed E-state index contributed by atoms with van der Waals surface area (Å²) in [6.45, 7) is 0. The average Bonchev–Trinajstić information content (AvgIpc) is 2.56. The number of hydrogen-bond acceptors (Lipinski definition) is 3. The van der Waals surface area contributed by atoms with Crippen LogP contribution in [-0.4, -0.2) is 10.1 Å². The zero-order valence-corrected chi connectivity index (χ0v) is 11.2. The minimum Gasteiger partial charge on any atom is -0.333 e. The van der Waals surface area contributed by atoms with E-state index >= 15 is 0 Å². The van der Waals surface area contributed by atoms with E-state index < -0.39 is 0 Å². The largest absolute Gasteiger partial charge is 0.333 e. The Kier molecular flexibility index (Phi) is 3.08. The Morgan fingerprint density at radius 1 is 1.43 bits per heavy atom. The standard InChI is InChI=1S/C8H3BrClIN2O/c9-6-2-1-4(10)3-5(6)7-12-8(11)13-14-7/h1-3H. The maximum atomic E-state index is 5.86. The molecule has 0 fully saturated rings. The molecule has 1 aromatic heterocycles. The molecule has 2 rings (SSSR count). The second-order valence-corrected chi connectivity index (χ2v) is 4.75. The molecule has 0 bridgehead atoms. The zero-order chi connectivity index (χ0) is 10.1. The summed E-state index contributed by atoms with van der Waals surface area (Å²) in [4.78, 5) is 4.10. The average molecular weight is 385 g/mol. The van der Waals surface area contributed by atoms with Crippen molar-refractivity contribution in [1.29, 1.82) is 0 Å². The molecule has 0 aliphatic heterocycles. The molecular formula is C8H3BrClIN2O. The monoisotopic (exact) mass is 384 g/mol. The van der Waals surface area contributed by atoms with Gasteiger partial charge in [0.1, 0.15) is 0 Å². The van der Waals surface area contributed by atoms with Crippen LogP contribution in [0.5, 0.6) is 0 Å². The summed E-state index contributed by atoms with van der Waals surface area (Å²) >= 11 is 11.2. The number of hydrogen-bond donors (Lipinski definition) is 0. The summed E-state index contributed by atoms with van der Waals surface area (Å²) in [5.41, 5.74) is 0.799. The summed E-state index contributed by atoms with van der Waals surface area (Å²) in [5.74, 6) is 0.462. The molecule has 0 atom stereocenters. The van der Waals surface area contributed by atoms with Crippen molar-refractivity contribution < 1.29 is 4.52 Å². The minimum absolute atomic E-state index is 0.462. The molecule has 6 heteroatoms. The van der Waals surface area contributed by atoms with Crippen LogP contribution in [-0.2, 0) is 0 Å². The van der Waals surface area contributed by atoms with Crippen molar-refractivity contribution >= 4 is 50.1 Å². The molecule has 0 N–H and O–H groups in total. The number of rotatable bonds is 1. The SMILES string of the molecule is Clc1ccc(Br)c(-c2nc(I)no2)c1. The van der Waals surface area contributed by atoms with Crippen molar-refractivity contribution in [2.24, 2.45) is 0 Å². The molecule has 0 radical (unpaired) electrons. The Bertz CT molecular complexity index is 474. The quantitative estimate of drug-likeness (QED) is 0.702. The fraction of sp³-hybridized carbons (Fsp3) is 0. The molecule has 0 aliphatic carbocycles. The molecule has 14 heavy (non-hydrogen) atoms. The van der Waals surface area contributed by atoms with Gasteiger partial charge in [0.15, 0.2) is 0 Å². The summed E-state index contributed by atoms with van der Waals surface area (Å²) in [7, 11) is 0. The van der Waals surface area contributed by atoms with Crippen molar-refractivity contribution in [2.45, 2.75) is 0 Å². The Balaban J connectivity index is 2.55. The molecule has 0 saturated carbocycles. The second-order valence-electron chi connectivity index (χ2n) is 2.49. The van der Waals surface area contributed by atoms with Gasteiger partial charge in [-0.05, 0) is 34.1 Å². The van der Waals surface area contributed by atoms with E-state index in [2.05, 4.69) is 26.1 Å². The van der Waals surface area contributed by atoms with Gasteiger partial charge in [0.25, 0.3) is 5.89 Å². The van der Waals surface area contributed by atoms with Gasteiger partial charge in [0.05, 0.1) is 5.56 Å². The minimum atomic E-state index is 0.462. The second kappa shape index (κ2) is 4.16. The maximum Gasteiger partial charge on any atom is 0.259 e. The van der Waals surface area contributed by atoms with Crippen LogP contribution >= 0.6 is 50.1 Å². The first kappa shape index (κ1) is 10.4. The Labute approximate surface area is 107 Å². The lowest BCUT2D eigenvalue weighted by Gasteiger charge is -1.98. The highest BCUT2D eigenvalue weighted by molar-refractivity contribution is 14.1. The molecule has 0 unspecified atom stereocenters. The third-order valence-corrected chi connectivity index (χ3v) is 2.92. The number of aromatic nitrogens is 2. The summed E-state index contributed by atoms with van der Waals surface area (Å²) in [6, 6.07) is 5.40. The van der Waals surface area contributed by atoms with Crippen LogP contribution in [0.4, 0.5) is 0 Å². The lowest BCUT2D eigenvalue weighted by atomic mass is 10.2. The Morgan fingerprint density at radius 2 is 2.21 bits per heavy atom. The van der Waals surface area contributed by atoms with Gasteiger partial charge in [0, 0.05) is 32.1 Å². The Hall–Kier alpha value is -0.140. The highest BCUT2D eigenvalue weighted by atomic mass is 127. The molecule has 0 saturated heterocycles. The van der Waals surface area contributed by atoms with E-state index in [1.165, 1.54) is 0 Å². The highest BCUT2D eigenvalue weighted by Gasteiger charge is 2.10. The maximum absolute atomic E-state index is 5.86. The van der Waals surface area contributed by atoms with E-state index in [1.54, 1.807) is 12.1 Å². The van der Waals surface area contributed by atoms with Gasteiger partial charge >= 0.3 is 0 Å². The lowest BCUT2D eigenvalue weighted by molar-refractivity contribution is 0.425. The van der Waals surface area contributed by atoms with E-state index in [1.807, 2.05) is 28.7 Å². The Morgan fingerprint density at radius 3 is 2.86 bits per heavy atom. The van der Waals surface area contributed by atoms with Crippen molar-refractivity contribution in [3.8, 4) is 11.5 Å². The summed E-state index contributed by atoms with van der Waals surface area (Å²) in [5, 5.41) is 4.34. The molecule has 1 heterocycles. The van der Waals surface area contributed by atoms with E-state index in [-0.39, 0.29) is 0 Å². The molecule has 1 aromatic carbocycles. The molecular weight excluding hydrogens is 382 g/mol. The van der Waals surface area contributed by atoms with Crippen LogP contribution in [0.25, 0.3) is 11.5 Å². The lowest BCUT2D eigenvalue weighted by Crippen LogP contribution is -1.80. The van der Waals surface area contributed by atoms with Crippen LogP contribution in [0, 0.1) is 3.83 Å². The molecule has 0 aliphatic rings. The summed E-state index contributed by atoms with van der Waals surface area (Å²) in [6.07, 6.45) is 0. The first-order chi connectivity index (χ1) is 6.66. The van der Waals surface area contributed by atoms with E-state index in [0.717, 1.165) is 10.0 Å². The topological polar surface area (TPSA) is 38.9 Å². The van der Waals surface area contributed by atoms with Gasteiger partial charge in [-0.25, -0.2) is 0 Å². The van der Waals surface area contributed by atoms with Crippen molar-refractivity contribution in [1.82, 2.24) is 10.1 Å². The van der Waals surface area contributed by atoms with Crippen LogP contribution < -0.4 is 0 Å². The molecule has 72 valence electrons. The molecule has 0 spiro atoms. The molecule has 2 aromatic rings. The van der Waals surface area contributed by atoms with Crippen molar-refractivity contribution in [3.63, 3.8) is 0 Å². The van der Waals surface area contributed by atoms with Crippen LogP contribution in [0.2, 0.25) is 5.02 Å². The number of benzene rings is 1. The number of halogens is 3. The third kappa shape index (κ3) is 2.09. The van der Waals surface area contributed by atoms with Gasteiger partial charge in [-0.2, -0.15) is 4.98 Å². The van der Waals surface area contributed by atoms with Gasteiger partial charge in [-0.3, -0.25) is 0 Å². The zero-order valence-electron chi connectivity index (χ0n) is 6.67. The van der Waals surface area contributed by atoms with Gasteiger partial charge in [-0.1, -0.05) is 16.8 Å². The summed E-state index contributed by atoms with van der Waals surface area (Å²) < 4.78 is 6.48.